The maximum absolute atomic E-state index is 12.3. The summed E-state index contributed by atoms with van der Waals surface area (Å²) in [4.78, 5) is 18.4. The van der Waals surface area contributed by atoms with Crippen LogP contribution in [0.4, 0.5) is 0 Å². The number of amides is 1. The van der Waals surface area contributed by atoms with E-state index < -0.39 is 0 Å². The summed E-state index contributed by atoms with van der Waals surface area (Å²) in [5.74, 6) is 1.05. The molecule has 0 unspecified atom stereocenters. The van der Waals surface area contributed by atoms with E-state index in [-0.39, 0.29) is 5.91 Å². The van der Waals surface area contributed by atoms with E-state index in [1.54, 1.807) is 6.20 Å². The number of benzene rings is 1. The molecule has 1 aliphatic rings. The molecule has 2 heterocycles. The summed E-state index contributed by atoms with van der Waals surface area (Å²) in [6, 6.07) is 7.85. The lowest BCUT2D eigenvalue weighted by molar-refractivity contribution is 0.0684. The van der Waals surface area contributed by atoms with Gasteiger partial charge in [-0.15, -0.1) is 0 Å². The molecule has 3 rings (SSSR count). The molecule has 2 aromatic rings. The highest BCUT2D eigenvalue weighted by molar-refractivity contribution is 5.96. The minimum absolute atomic E-state index is 0.116. The molecule has 4 heteroatoms. The first-order valence-electron chi connectivity index (χ1n) is 6.10. The molecule has 0 aliphatic carbocycles. The fraction of sp³-hybridized carbons (Fsp3) is 0.286. The molecule has 1 aromatic heterocycles. The third kappa shape index (κ3) is 1.79. The van der Waals surface area contributed by atoms with Crippen molar-refractivity contribution in [3.05, 3.63) is 53.6 Å². The fourth-order valence-electron chi connectivity index (χ4n) is 2.35. The predicted molar refractivity (Wildman–Crippen MR) is 68.1 cm³/mol. The molecule has 0 bridgehead atoms. The van der Waals surface area contributed by atoms with Gasteiger partial charge in [0.1, 0.15) is 5.82 Å². The smallest absolute Gasteiger partial charge is 0.255 e. The second kappa shape index (κ2) is 4.29. The number of aryl methyl sites for hydroxylation is 1. The zero-order chi connectivity index (χ0) is 12.5. The summed E-state index contributed by atoms with van der Waals surface area (Å²) in [5, 5.41) is 0. The molecule has 4 nitrogen and oxygen atoms in total. The summed E-state index contributed by atoms with van der Waals surface area (Å²) in [6.45, 7) is 3.30. The average molecular weight is 241 g/mol. The van der Waals surface area contributed by atoms with Crippen LogP contribution in [0.15, 0.2) is 36.7 Å². The second-order valence-corrected chi connectivity index (χ2v) is 4.56. The second-order valence-electron chi connectivity index (χ2n) is 4.56. The van der Waals surface area contributed by atoms with Gasteiger partial charge in [-0.05, 0) is 25.0 Å². The monoisotopic (exact) mass is 241 g/mol. The van der Waals surface area contributed by atoms with Gasteiger partial charge in [-0.25, -0.2) is 4.98 Å². The van der Waals surface area contributed by atoms with E-state index in [2.05, 4.69) is 4.98 Å². The van der Waals surface area contributed by atoms with Crippen LogP contribution in [0.5, 0.6) is 0 Å². The normalized spacial score (nSPS) is 14.7. The maximum Gasteiger partial charge on any atom is 0.255 e. The Morgan fingerprint density at radius 2 is 2.17 bits per heavy atom. The van der Waals surface area contributed by atoms with Crippen molar-refractivity contribution in [2.24, 2.45) is 0 Å². The van der Waals surface area contributed by atoms with Crippen molar-refractivity contribution in [2.75, 3.05) is 6.54 Å². The molecule has 1 aliphatic heterocycles. The molecule has 1 amide bonds. The Bertz CT molecular complexity index is 588. The van der Waals surface area contributed by atoms with Crippen LogP contribution in [0.2, 0.25) is 0 Å². The van der Waals surface area contributed by atoms with Gasteiger partial charge in [-0.1, -0.05) is 18.2 Å². The van der Waals surface area contributed by atoms with E-state index in [1.165, 1.54) is 0 Å². The zero-order valence-electron chi connectivity index (χ0n) is 10.3. The highest BCUT2D eigenvalue weighted by Gasteiger charge is 2.23. The molecule has 1 aromatic carbocycles. The van der Waals surface area contributed by atoms with E-state index in [0.717, 1.165) is 29.9 Å². The minimum atomic E-state index is 0.116. The van der Waals surface area contributed by atoms with Gasteiger partial charge in [0.05, 0.1) is 6.67 Å². The largest absolute Gasteiger partial charge is 0.320 e. The van der Waals surface area contributed by atoms with Crippen LogP contribution in [0.25, 0.3) is 0 Å². The molecular formula is C14H15N3O. The van der Waals surface area contributed by atoms with Gasteiger partial charge >= 0.3 is 0 Å². The number of nitrogens with zero attached hydrogens (tertiary/aromatic N) is 3. The molecule has 0 saturated heterocycles. The molecule has 92 valence electrons. The van der Waals surface area contributed by atoms with Crippen LogP contribution >= 0.6 is 0 Å². The number of fused-ring (bicyclic) bond motifs is 1. The van der Waals surface area contributed by atoms with Crippen LogP contribution in [-0.4, -0.2) is 26.9 Å². The van der Waals surface area contributed by atoms with Gasteiger partial charge in [0.2, 0.25) is 0 Å². The lowest BCUT2D eigenvalue weighted by atomic mass is 9.99. The maximum atomic E-state index is 12.3. The third-order valence-electron chi connectivity index (χ3n) is 3.43. The number of hydrogen-bond donors (Lipinski definition) is 0. The molecule has 18 heavy (non-hydrogen) atoms. The Morgan fingerprint density at radius 3 is 2.94 bits per heavy atom. The molecule has 0 radical (unpaired) electrons. The van der Waals surface area contributed by atoms with Gasteiger partial charge in [-0.2, -0.15) is 0 Å². The third-order valence-corrected chi connectivity index (χ3v) is 3.43. The van der Waals surface area contributed by atoms with Gasteiger partial charge in [0.15, 0.2) is 0 Å². The predicted octanol–water partition coefficient (Wildman–Crippen LogP) is 1.85. The quantitative estimate of drug-likeness (QED) is 0.804. The van der Waals surface area contributed by atoms with Crippen molar-refractivity contribution in [3.8, 4) is 0 Å². The van der Waals surface area contributed by atoms with E-state index in [0.29, 0.717) is 6.67 Å². The van der Waals surface area contributed by atoms with Crippen LogP contribution < -0.4 is 0 Å². The summed E-state index contributed by atoms with van der Waals surface area (Å²) in [6.07, 6.45) is 4.59. The molecule has 0 saturated carbocycles. The minimum Gasteiger partial charge on any atom is -0.320 e. The van der Waals surface area contributed by atoms with Crippen LogP contribution in [0.3, 0.4) is 0 Å². The van der Waals surface area contributed by atoms with Crippen LogP contribution in [0, 0.1) is 6.92 Å². The van der Waals surface area contributed by atoms with Crippen molar-refractivity contribution < 1.29 is 4.79 Å². The van der Waals surface area contributed by atoms with E-state index in [1.807, 2.05) is 46.9 Å². The Balaban J connectivity index is 1.85. The topological polar surface area (TPSA) is 38.1 Å². The summed E-state index contributed by atoms with van der Waals surface area (Å²) < 4.78 is 1.99. The number of hydrogen-bond acceptors (Lipinski definition) is 2. The average Bonchev–Trinajstić information content (AvgIpc) is 2.79. The standard InChI is InChI=1S/C14H15N3O/c1-11-15-7-9-16(11)10-17-8-6-12-4-2-3-5-13(12)14(17)18/h2-5,7,9H,6,8,10H2,1H3. The first kappa shape index (κ1) is 11.0. The lowest BCUT2D eigenvalue weighted by Gasteiger charge is -2.29. The molecular weight excluding hydrogens is 226 g/mol. The molecule has 0 fully saturated rings. The number of rotatable bonds is 2. The van der Waals surface area contributed by atoms with Crippen LogP contribution in [0.1, 0.15) is 21.7 Å². The molecule has 0 atom stereocenters. The Labute approximate surface area is 106 Å². The van der Waals surface area contributed by atoms with Crippen LogP contribution in [-0.2, 0) is 13.1 Å². The number of carbonyl (C=O) groups is 1. The lowest BCUT2D eigenvalue weighted by Crippen LogP contribution is -2.38. The van der Waals surface area contributed by atoms with Gasteiger partial charge in [0.25, 0.3) is 5.91 Å². The first-order chi connectivity index (χ1) is 8.75. The van der Waals surface area contributed by atoms with Gasteiger partial charge < -0.3 is 9.47 Å². The van der Waals surface area contributed by atoms with Crippen molar-refractivity contribution in [2.45, 2.75) is 20.0 Å². The van der Waals surface area contributed by atoms with E-state index >= 15 is 0 Å². The molecule has 0 spiro atoms. The summed E-state index contributed by atoms with van der Waals surface area (Å²) in [7, 11) is 0. The van der Waals surface area contributed by atoms with Crippen molar-refractivity contribution in [1.29, 1.82) is 0 Å². The summed E-state index contributed by atoms with van der Waals surface area (Å²) >= 11 is 0. The number of aromatic nitrogens is 2. The van der Waals surface area contributed by atoms with Crippen molar-refractivity contribution in [3.63, 3.8) is 0 Å². The number of imidazole rings is 1. The fourth-order valence-corrected chi connectivity index (χ4v) is 2.35. The Kier molecular flexibility index (Phi) is 2.63. The Morgan fingerprint density at radius 1 is 1.33 bits per heavy atom. The highest BCUT2D eigenvalue weighted by atomic mass is 16.2. The Hall–Kier alpha value is -2.10. The van der Waals surface area contributed by atoms with Gasteiger partial charge in [-0.3, -0.25) is 4.79 Å². The van der Waals surface area contributed by atoms with Gasteiger partial charge in [0, 0.05) is 24.5 Å². The first-order valence-corrected chi connectivity index (χ1v) is 6.10. The zero-order valence-corrected chi connectivity index (χ0v) is 10.3. The van der Waals surface area contributed by atoms with Crippen molar-refractivity contribution >= 4 is 5.91 Å². The molecule has 0 N–H and O–H groups in total. The highest BCUT2D eigenvalue weighted by Crippen LogP contribution is 2.19. The van der Waals surface area contributed by atoms with E-state index in [9.17, 15) is 4.79 Å². The number of carbonyl (C=O) groups excluding carboxylic acids is 1. The SMILES string of the molecule is Cc1nccn1CN1CCc2ccccc2C1=O. The van der Waals surface area contributed by atoms with Crippen molar-refractivity contribution in [1.82, 2.24) is 14.5 Å². The summed E-state index contributed by atoms with van der Waals surface area (Å²) in [5.41, 5.74) is 1.99. The van der Waals surface area contributed by atoms with E-state index in [4.69, 9.17) is 0 Å².